The summed E-state index contributed by atoms with van der Waals surface area (Å²) < 4.78 is 11.1. The smallest absolute Gasteiger partial charge is 0.189 e. The van der Waals surface area contributed by atoms with Crippen molar-refractivity contribution in [3.05, 3.63) is 23.3 Å². The molecule has 0 aliphatic carbocycles. The lowest BCUT2D eigenvalue weighted by Gasteiger charge is -2.29. The van der Waals surface area contributed by atoms with E-state index in [9.17, 15) is 0 Å². The molecule has 1 unspecified atom stereocenters. The van der Waals surface area contributed by atoms with E-state index in [4.69, 9.17) is 15.2 Å². The lowest BCUT2D eigenvalue weighted by molar-refractivity contribution is -0.0175. The quantitative estimate of drug-likeness (QED) is 0.862. The largest absolute Gasteiger partial charge is 0.467 e. The van der Waals surface area contributed by atoms with Crippen molar-refractivity contribution in [2.24, 2.45) is 5.92 Å². The molecule has 20 heavy (non-hydrogen) atoms. The maximum absolute atomic E-state index is 6.02. The van der Waals surface area contributed by atoms with Gasteiger partial charge in [-0.15, -0.1) is 0 Å². The van der Waals surface area contributed by atoms with E-state index in [1.807, 2.05) is 6.07 Å². The number of anilines is 1. The molecule has 1 aromatic rings. The molecule has 1 fully saturated rings. The maximum Gasteiger partial charge on any atom is 0.189 e. The fourth-order valence-corrected chi connectivity index (χ4v) is 3.47. The van der Waals surface area contributed by atoms with Crippen LogP contribution in [0.2, 0.25) is 0 Å². The van der Waals surface area contributed by atoms with Gasteiger partial charge in [-0.3, -0.25) is 4.90 Å². The summed E-state index contributed by atoms with van der Waals surface area (Å²) >= 11 is 0. The second kappa shape index (κ2) is 5.62. The van der Waals surface area contributed by atoms with Crippen LogP contribution in [0.4, 0.5) is 5.69 Å². The molecular weight excluding hydrogens is 252 g/mol. The first-order valence-electron chi connectivity index (χ1n) is 7.51. The standard InChI is InChI=1S/C16H24N2O2/c1-11(2)15-4-3-5-18(15)8-12-6-14(17)7-13-9-19-10-20-16(12)13/h6-7,11,15H,3-5,8-10,17H2,1-2H3. The summed E-state index contributed by atoms with van der Waals surface area (Å²) in [6.07, 6.45) is 2.59. The molecule has 1 saturated heterocycles. The van der Waals surface area contributed by atoms with Crippen LogP contribution in [-0.2, 0) is 17.9 Å². The van der Waals surface area contributed by atoms with Gasteiger partial charge in [0.1, 0.15) is 5.75 Å². The van der Waals surface area contributed by atoms with Crippen LogP contribution < -0.4 is 10.5 Å². The number of likely N-dealkylation sites (tertiary alicyclic amines) is 1. The molecule has 0 bridgehead atoms. The number of hydrogen-bond donors (Lipinski definition) is 1. The summed E-state index contributed by atoms with van der Waals surface area (Å²) in [6, 6.07) is 4.69. The van der Waals surface area contributed by atoms with Crippen LogP contribution in [0.25, 0.3) is 0 Å². The Morgan fingerprint density at radius 2 is 2.25 bits per heavy atom. The minimum absolute atomic E-state index is 0.345. The predicted molar refractivity (Wildman–Crippen MR) is 79.4 cm³/mol. The fourth-order valence-electron chi connectivity index (χ4n) is 3.47. The average Bonchev–Trinajstić information content (AvgIpc) is 2.87. The lowest BCUT2D eigenvalue weighted by atomic mass is 10.0. The molecule has 1 atom stereocenters. The summed E-state index contributed by atoms with van der Waals surface area (Å²) in [5.41, 5.74) is 9.10. The zero-order chi connectivity index (χ0) is 14.1. The van der Waals surface area contributed by atoms with E-state index in [2.05, 4.69) is 24.8 Å². The molecular formula is C16H24N2O2. The van der Waals surface area contributed by atoms with Gasteiger partial charge in [-0.2, -0.15) is 0 Å². The monoisotopic (exact) mass is 276 g/mol. The number of nitrogen functional groups attached to an aromatic ring is 1. The molecule has 0 aromatic heterocycles. The lowest BCUT2D eigenvalue weighted by Crippen LogP contribution is -2.33. The molecule has 2 heterocycles. The third kappa shape index (κ3) is 2.63. The summed E-state index contributed by atoms with van der Waals surface area (Å²) in [6.45, 7) is 7.65. The van der Waals surface area contributed by atoms with E-state index in [0.29, 0.717) is 25.4 Å². The molecule has 0 spiro atoms. The minimum Gasteiger partial charge on any atom is -0.467 e. The highest BCUT2D eigenvalue weighted by Crippen LogP contribution is 2.34. The molecule has 2 N–H and O–H groups in total. The first-order valence-corrected chi connectivity index (χ1v) is 7.51. The second-order valence-corrected chi connectivity index (χ2v) is 6.20. The summed E-state index contributed by atoms with van der Waals surface area (Å²) in [7, 11) is 0. The Morgan fingerprint density at radius 1 is 1.40 bits per heavy atom. The summed E-state index contributed by atoms with van der Waals surface area (Å²) in [4.78, 5) is 2.57. The molecule has 2 aliphatic rings. The highest BCUT2D eigenvalue weighted by molar-refractivity contribution is 5.53. The van der Waals surface area contributed by atoms with Gasteiger partial charge in [0.05, 0.1) is 6.61 Å². The third-order valence-electron chi connectivity index (χ3n) is 4.37. The van der Waals surface area contributed by atoms with E-state index in [-0.39, 0.29) is 0 Å². The van der Waals surface area contributed by atoms with Crippen LogP contribution in [-0.4, -0.2) is 24.3 Å². The Balaban J connectivity index is 1.85. The van der Waals surface area contributed by atoms with E-state index in [1.165, 1.54) is 24.9 Å². The van der Waals surface area contributed by atoms with Crippen LogP contribution in [0.5, 0.6) is 5.75 Å². The van der Waals surface area contributed by atoms with Crippen molar-refractivity contribution in [3.63, 3.8) is 0 Å². The van der Waals surface area contributed by atoms with Gasteiger partial charge in [0, 0.05) is 29.4 Å². The zero-order valence-corrected chi connectivity index (χ0v) is 12.4. The number of fused-ring (bicyclic) bond motifs is 1. The van der Waals surface area contributed by atoms with E-state index in [0.717, 1.165) is 23.5 Å². The summed E-state index contributed by atoms with van der Waals surface area (Å²) in [5.74, 6) is 1.68. The SMILES string of the molecule is CC(C)C1CCCN1Cc1cc(N)cc2c1OCOC2. The van der Waals surface area contributed by atoms with Gasteiger partial charge in [0.25, 0.3) is 0 Å². The first kappa shape index (κ1) is 13.7. The molecule has 4 nitrogen and oxygen atoms in total. The van der Waals surface area contributed by atoms with E-state index >= 15 is 0 Å². The van der Waals surface area contributed by atoms with Crippen LogP contribution in [0.1, 0.15) is 37.8 Å². The molecule has 0 saturated carbocycles. The molecule has 0 radical (unpaired) electrons. The zero-order valence-electron chi connectivity index (χ0n) is 12.4. The number of benzene rings is 1. The number of hydrogen-bond acceptors (Lipinski definition) is 4. The second-order valence-electron chi connectivity index (χ2n) is 6.20. The van der Waals surface area contributed by atoms with Crippen LogP contribution in [0, 0.1) is 5.92 Å². The first-order chi connectivity index (χ1) is 9.65. The molecule has 110 valence electrons. The van der Waals surface area contributed by atoms with Gasteiger partial charge in [-0.05, 0) is 37.4 Å². The Bertz CT molecular complexity index is 488. The topological polar surface area (TPSA) is 47.7 Å². The van der Waals surface area contributed by atoms with Crippen molar-refractivity contribution >= 4 is 5.69 Å². The fraction of sp³-hybridized carbons (Fsp3) is 0.625. The van der Waals surface area contributed by atoms with E-state index < -0.39 is 0 Å². The number of nitrogens with zero attached hydrogens (tertiary/aromatic N) is 1. The highest BCUT2D eigenvalue weighted by Gasteiger charge is 2.28. The van der Waals surface area contributed by atoms with Gasteiger partial charge < -0.3 is 15.2 Å². The summed E-state index contributed by atoms with van der Waals surface area (Å²) in [5, 5.41) is 0. The van der Waals surface area contributed by atoms with Crippen LogP contribution >= 0.6 is 0 Å². The van der Waals surface area contributed by atoms with Gasteiger partial charge in [0.15, 0.2) is 6.79 Å². The molecule has 1 aromatic carbocycles. The average molecular weight is 276 g/mol. The van der Waals surface area contributed by atoms with Gasteiger partial charge >= 0.3 is 0 Å². The van der Waals surface area contributed by atoms with Crippen molar-refractivity contribution in [2.45, 2.75) is 45.9 Å². The molecule has 3 rings (SSSR count). The Hall–Kier alpha value is -1.26. The number of ether oxygens (including phenoxy) is 2. The highest BCUT2D eigenvalue weighted by atomic mass is 16.7. The van der Waals surface area contributed by atoms with Crippen LogP contribution in [0.15, 0.2) is 12.1 Å². The number of nitrogens with two attached hydrogens (primary N) is 1. The Kier molecular flexibility index (Phi) is 3.85. The van der Waals surface area contributed by atoms with Gasteiger partial charge in [0.2, 0.25) is 0 Å². The van der Waals surface area contributed by atoms with Crippen molar-refractivity contribution in [1.29, 1.82) is 0 Å². The molecule has 0 amide bonds. The van der Waals surface area contributed by atoms with E-state index in [1.54, 1.807) is 0 Å². The maximum atomic E-state index is 6.02. The van der Waals surface area contributed by atoms with Crippen molar-refractivity contribution in [1.82, 2.24) is 4.90 Å². The Morgan fingerprint density at radius 3 is 3.05 bits per heavy atom. The molecule has 4 heteroatoms. The van der Waals surface area contributed by atoms with Crippen molar-refractivity contribution in [3.8, 4) is 5.75 Å². The third-order valence-corrected chi connectivity index (χ3v) is 4.37. The molecule has 2 aliphatic heterocycles. The van der Waals surface area contributed by atoms with Crippen molar-refractivity contribution in [2.75, 3.05) is 19.1 Å². The van der Waals surface area contributed by atoms with Crippen molar-refractivity contribution < 1.29 is 9.47 Å². The normalized spacial score (nSPS) is 22.9. The minimum atomic E-state index is 0.345. The van der Waals surface area contributed by atoms with Gasteiger partial charge in [-0.1, -0.05) is 13.8 Å². The number of rotatable bonds is 3. The van der Waals surface area contributed by atoms with Crippen LogP contribution in [0.3, 0.4) is 0 Å². The predicted octanol–water partition coefficient (Wildman–Crippen LogP) is 2.76. The Labute approximate surface area is 120 Å². The van der Waals surface area contributed by atoms with Gasteiger partial charge in [-0.25, -0.2) is 0 Å².